The van der Waals surface area contributed by atoms with Crippen LogP contribution in [0.25, 0.3) is 10.8 Å². The van der Waals surface area contributed by atoms with Crippen LogP contribution in [0, 0.1) is 20.8 Å². The summed E-state index contributed by atoms with van der Waals surface area (Å²) in [4.78, 5) is 38.5. The van der Waals surface area contributed by atoms with Crippen LogP contribution in [0.4, 0.5) is 16.2 Å². The first-order valence-corrected chi connectivity index (χ1v) is 11.2. The molecule has 3 rings (SSSR count). The Bertz CT molecular complexity index is 1250. The van der Waals surface area contributed by atoms with Gasteiger partial charge in [0.1, 0.15) is 0 Å². The number of ether oxygens (including phenoxy) is 2. The highest BCUT2D eigenvalue weighted by atomic mass is 16.5. The summed E-state index contributed by atoms with van der Waals surface area (Å²) in [5.41, 5.74) is 4.18. The lowest BCUT2D eigenvalue weighted by Crippen LogP contribution is -2.49. The van der Waals surface area contributed by atoms with Crippen molar-refractivity contribution in [1.29, 1.82) is 0 Å². The van der Waals surface area contributed by atoms with Gasteiger partial charge in [0.2, 0.25) is 0 Å². The maximum absolute atomic E-state index is 13.3. The number of hydrogen-bond donors (Lipinski definition) is 3. The molecule has 3 aromatic rings. The number of anilines is 2. The Hall–Kier alpha value is -3.91. The van der Waals surface area contributed by atoms with Crippen molar-refractivity contribution in [2.75, 3.05) is 24.9 Å². The van der Waals surface area contributed by atoms with Crippen molar-refractivity contribution >= 4 is 40.1 Å². The van der Waals surface area contributed by atoms with E-state index in [4.69, 9.17) is 9.47 Å². The second-order valence-corrected chi connectivity index (χ2v) is 8.51. The molecule has 0 spiro atoms. The molecule has 8 nitrogen and oxygen atoms in total. The summed E-state index contributed by atoms with van der Waals surface area (Å²) in [6, 6.07) is 13.4. The summed E-state index contributed by atoms with van der Waals surface area (Å²) in [5, 5.41) is 10.0. The molecule has 0 bridgehead atoms. The fourth-order valence-electron chi connectivity index (χ4n) is 4.03. The van der Waals surface area contributed by atoms with Crippen LogP contribution < -0.4 is 16.0 Å². The largest absolute Gasteiger partial charge is 0.467 e. The van der Waals surface area contributed by atoms with E-state index in [0.717, 1.165) is 27.5 Å². The van der Waals surface area contributed by atoms with E-state index < -0.39 is 30.1 Å². The molecule has 35 heavy (non-hydrogen) atoms. The third-order valence-corrected chi connectivity index (χ3v) is 5.88. The van der Waals surface area contributed by atoms with Crippen molar-refractivity contribution in [1.82, 2.24) is 5.32 Å². The quantitative estimate of drug-likeness (QED) is 0.427. The van der Waals surface area contributed by atoms with E-state index in [0.29, 0.717) is 11.4 Å². The van der Waals surface area contributed by atoms with E-state index in [-0.39, 0.29) is 5.56 Å². The number of methoxy groups -OCH3 is 2. The molecule has 1 unspecified atom stereocenters. The van der Waals surface area contributed by atoms with E-state index >= 15 is 0 Å². The number of benzene rings is 3. The molecule has 0 aliphatic heterocycles. The number of amides is 3. The monoisotopic (exact) mass is 477 g/mol. The van der Waals surface area contributed by atoms with Gasteiger partial charge in [0.05, 0.1) is 24.5 Å². The lowest BCUT2D eigenvalue weighted by atomic mass is 10.0. The fourth-order valence-corrected chi connectivity index (χ4v) is 4.03. The molecule has 0 saturated carbocycles. The lowest BCUT2D eigenvalue weighted by Gasteiger charge is -2.22. The van der Waals surface area contributed by atoms with Gasteiger partial charge in [0, 0.05) is 12.8 Å². The van der Waals surface area contributed by atoms with Crippen molar-refractivity contribution in [3.8, 4) is 0 Å². The third-order valence-electron chi connectivity index (χ3n) is 5.88. The van der Waals surface area contributed by atoms with Gasteiger partial charge in [-0.1, -0.05) is 42.0 Å². The predicted molar refractivity (Wildman–Crippen MR) is 137 cm³/mol. The van der Waals surface area contributed by atoms with Crippen molar-refractivity contribution in [2.45, 2.75) is 39.8 Å². The maximum Gasteiger partial charge on any atom is 0.331 e. The molecule has 0 radical (unpaired) electrons. The van der Waals surface area contributed by atoms with Crippen molar-refractivity contribution in [2.24, 2.45) is 0 Å². The smallest absolute Gasteiger partial charge is 0.331 e. The lowest BCUT2D eigenvalue weighted by molar-refractivity contribution is -0.146. The summed E-state index contributed by atoms with van der Waals surface area (Å²) in [7, 11) is 2.68. The number of nitrogens with one attached hydrogen (secondary N) is 3. The highest BCUT2D eigenvalue weighted by molar-refractivity contribution is 6.10. The molecule has 3 N–H and O–H groups in total. The predicted octanol–water partition coefficient (Wildman–Crippen LogP) is 4.72. The summed E-state index contributed by atoms with van der Waals surface area (Å²) >= 11 is 0. The number of rotatable bonds is 7. The zero-order chi connectivity index (χ0) is 25.7. The van der Waals surface area contributed by atoms with Gasteiger partial charge in [-0.25, -0.2) is 9.59 Å². The molecule has 0 aromatic heterocycles. The molecular weight excluding hydrogens is 446 g/mol. The molecule has 3 aromatic carbocycles. The first-order chi connectivity index (χ1) is 16.6. The minimum absolute atomic E-state index is 0.202. The fraction of sp³-hybridized carbons (Fsp3) is 0.296. The number of fused-ring (bicyclic) bond motifs is 1. The van der Waals surface area contributed by atoms with Crippen LogP contribution in [0.1, 0.15) is 34.0 Å². The van der Waals surface area contributed by atoms with E-state index in [2.05, 4.69) is 16.0 Å². The second kappa shape index (κ2) is 11.0. The van der Waals surface area contributed by atoms with E-state index in [9.17, 15) is 14.4 Å². The average molecular weight is 478 g/mol. The first kappa shape index (κ1) is 25.7. The van der Waals surface area contributed by atoms with Crippen molar-refractivity contribution < 1.29 is 23.9 Å². The van der Waals surface area contributed by atoms with E-state index in [1.807, 2.05) is 57.2 Å². The Balaban J connectivity index is 1.95. The molecule has 0 heterocycles. The zero-order valence-corrected chi connectivity index (χ0v) is 20.8. The number of urea groups is 1. The number of carbonyl (C=O) groups excluding carboxylic acids is 3. The molecule has 184 valence electrons. The van der Waals surface area contributed by atoms with E-state index in [1.54, 1.807) is 19.1 Å². The molecule has 0 aliphatic rings. The highest BCUT2D eigenvalue weighted by Gasteiger charge is 2.29. The van der Waals surface area contributed by atoms with Gasteiger partial charge in [0.25, 0.3) is 5.91 Å². The minimum atomic E-state index is -1.02. The van der Waals surface area contributed by atoms with Gasteiger partial charge in [-0.3, -0.25) is 4.79 Å². The molecule has 3 amide bonds. The maximum atomic E-state index is 13.3. The number of carbonyl (C=O) groups is 3. The SMILES string of the molecule is COC(=O)[C@@H](NC(=O)c1cc2ccccc2cc1NC(=O)Nc1c(C)cc(C)cc1C)C(C)OC. The Morgan fingerprint density at radius 3 is 2.03 bits per heavy atom. The molecule has 8 heteroatoms. The van der Waals surface area contributed by atoms with Gasteiger partial charge in [-0.15, -0.1) is 0 Å². The number of aryl methyl sites for hydroxylation is 3. The van der Waals surface area contributed by atoms with Gasteiger partial charge >= 0.3 is 12.0 Å². The van der Waals surface area contributed by atoms with Gasteiger partial charge in [-0.05, 0) is 61.7 Å². The van der Waals surface area contributed by atoms with Crippen LogP contribution in [0.15, 0.2) is 48.5 Å². The second-order valence-electron chi connectivity index (χ2n) is 8.51. The van der Waals surface area contributed by atoms with Crippen LogP contribution in [0.2, 0.25) is 0 Å². The van der Waals surface area contributed by atoms with Crippen LogP contribution >= 0.6 is 0 Å². The first-order valence-electron chi connectivity index (χ1n) is 11.2. The average Bonchev–Trinajstić information content (AvgIpc) is 2.83. The number of hydrogen-bond acceptors (Lipinski definition) is 5. The van der Waals surface area contributed by atoms with E-state index in [1.165, 1.54) is 14.2 Å². The van der Waals surface area contributed by atoms with Crippen LogP contribution in [0.5, 0.6) is 0 Å². The molecule has 0 fully saturated rings. The summed E-state index contributed by atoms with van der Waals surface area (Å²) in [5.74, 6) is -1.18. The minimum Gasteiger partial charge on any atom is -0.467 e. The summed E-state index contributed by atoms with van der Waals surface area (Å²) in [6.45, 7) is 7.50. The Morgan fingerprint density at radius 2 is 1.46 bits per heavy atom. The number of esters is 1. The Morgan fingerprint density at radius 1 is 0.857 bits per heavy atom. The Kier molecular flexibility index (Phi) is 8.09. The summed E-state index contributed by atoms with van der Waals surface area (Å²) in [6.07, 6.45) is -0.626. The van der Waals surface area contributed by atoms with Crippen LogP contribution in [0.3, 0.4) is 0 Å². The topological polar surface area (TPSA) is 106 Å². The molecule has 0 saturated heterocycles. The third kappa shape index (κ3) is 5.96. The standard InChI is InChI=1S/C27H31N3O5/c1-15-11-16(2)23(17(3)12-15)30-27(33)28-22-14-20-10-8-7-9-19(20)13-21(22)25(31)29-24(18(4)34-5)26(32)35-6/h7-14,18,24H,1-6H3,(H,29,31)(H2,28,30,33)/t18?,24-/m0/s1. The summed E-state index contributed by atoms with van der Waals surface area (Å²) < 4.78 is 10.1. The van der Waals surface area contributed by atoms with Gasteiger partial charge in [0.15, 0.2) is 6.04 Å². The van der Waals surface area contributed by atoms with Gasteiger partial charge < -0.3 is 25.4 Å². The van der Waals surface area contributed by atoms with Crippen molar-refractivity contribution in [3.63, 3.8) is 0 Å². The normalized spacial score (nSPS) is 12.5. The molecule has 2 atom stereocenters. The highest BCUT2D eigenvalue weighted by Crippen LogP contribution is 2.26. The van der Waals surface area contributed by atoms with Crippen LogP contribution in [-0.2, 0) is 14.3 Å². The Labute approximate surface area is 205 Å². The van der Waals surface area contributed by atoms with Crippen molar-refractivity contribution in [3.05, 3.63) is 70.8 Å². The molecule has 0 aliphatic carbocycles. The zero-order valence-electron chi connectivity index (χ0n) is 20.8. The van der Waals surface area contributed by atoms with Crippen LogP contribution in [-0.4, -0.2) is 44.3 Å². The van der Waals surface area contributed by atoms with Gasteiger partial charge in [-0.2, -0.15) is 0 Å². The molecular formula is C27H31N3O5.